The van der Waals surface area contributed by atoms with E-state index >= 15 is 0 Å². The molecule has 0 radical (unpaired) electrons. The second-order valence-corrected chi connectivity index (χ2v) is 3.49. The number of anilines is 1. The summed E-state index contributed by atoms with van der Waals surface area (Å²) in [5, 5.41) is 0. The minimum atomic E-state index is 0.431. The largest absolute Gasteiger partial charge is 0.468 e. The van der Waals surface area contributed by atoms with E-state index in [1.165, 1.54) is 12.8 Å². The Morgan fingerprint density at radius 1 is 1.56 bits per heavy atom. The molecule has 1 aliphatic carbocycles. The van der Waals surface area contributed by atoms with Gasteiger partial charge in [-0.25, -0.2) is 4.98 Å². The molecular formula is C12H20N2O2. The summed E-state index contributed by atoms with van der Waals surface area (Å²) in [5.74, 6) is 1.66. The fourth-order valence-electron chi connectivity index (χ4n) is 0.611. The highest BCUT2D eigenvalue weighted by molar-refractivity contribution is 5.36. The van der Waals surface area contributed by atoms with Gasteiger partial charge in [0.1, 0.15) is 5.82 Å². The second-order valence-electron chi connectivity index (χ2n) is 3.49. The minimum absolute atomic E-state index is 0.431. The Hall–Kier alpha value is -1.58. The van der Waals surface area contributed by atoms with Crippen LogP contribution in [0.15, 0.2) is 24.4 Å². The van der Waals surface area contributed by atoms with Crippen molar-refractivity contribution in [3.8, 4) is 0 Å². The Kier molecular flexibility index (Phi) is 8.97. The van der Waals surface area contributed by atoms with E-state index in [4.69, 9.17) is 5.73 Å². The number of hydrogen-bond acceptors (Lipinski definition) is 4. The molecule has 4 nitrogen and oxygen atoms in total. The monoisotopic (exact) mass is 224 g/mol. The van der Waals surface area contributed by atoms with Crippen molar-refractivity contribution in [3.05, 3.63) is 24.4 Å². The van der Waals surface area contributed by atoms with Crippen molar-refractivity contribution in [1.29, 1.82) is 0 Å². The first-order chi connectivity index (χ1) is 7.70. The van der Waals surface area contributed by atoms with Gasteiger partial charge in [-0.1, -0.05) is 25.8 Å². The number of ether oxygens (including phenoxy) is 1. The molecule has 0 unspecified atom stereocenters. The van der Waals surface area contributed by atoms with E-state index in [2.05, 4.69) is 16.6 Å². The average Bonchev–Trinajstić information content (AvgIpc) is 3.05. The predicted octanol–water partition coefficient (Wildman–Crippen LogP) is 2.26. The molecule has 1 aliphatic rings. The van der Waals surface area contributed by atoms with Crippen LogP contribution in [-0.2, 0) is 9.53 Å². The molecule has 1 heterocycles. The molecule has 1 saturated carbocycles. The molecule has 0 saturated heterocycles. The molecule has 4 heteroatoms. The molecular weight excluding hydrogens is 204 g/mol. The first kappa shape index (κ1) is 14.4. The third kappa shape index (κ3) is 12.4. The van der Waals surface area contributed by atoms with Gasteiger partial charge in [0, 0.05) is 6.20 Å². The lowest BCUT2D eigenvalue weighted by molar-refractivity contribution is -0.128. The molecule has 1 fully saturated rings. The number of nitrogen functional groups attached to an aromatic ring is 1. The van der Waals surface area contributed by atoms with Gasteiger partial charge >= 0.3 is 0 Å². The first-order valence-electron chi connectivity index (χ1n) is 5.42. The third-order valence-electron chi connectivity index (χ3n) is 1.79. The summed E-state index contributed by atoms with van der Waals surface area (Å²) < 4.78 is 4.15. The Morgan fingerprint density at radius 2 is 2.19 bits per heavy atom. The summed E-state index contributed by atoms with van der Waals surface area (Å²) in [4.78, 5) is 12.9. The zero-order valence-electron chi connectivity index (χ0n) is 9.93. The fourth-order valence-corrected chi connectivity index (χ4v) is 0.611. The summed E-state index contributed by atoms with van der Waals surface area (Å²) in [6.07, 6.45) is 4.63. The molecule has 0 bridgehead atoms. The summed E-state index contributed by atoms with van der Waals surface area (Å²) >= 11 is 0. The number of aromatic nitrogens is 1. The highest BCUT2D eigenvalue weighted by Gasteiger charge is 2.12. The summed E-state index contributed by atoms with van der Waals surface area (Å²) in [7, 11) is 0. The Bertz CT molecular complexity index is 261. The van der Waals surface area contributed by atoms with Crippen LogP contribution in [-0.4, -0.2) is 18.1 Å². The van der Waals surface area contributed by atoms with Gasteiger partial charge in [-0.15, -0.1) is 0 Å². The van der Waals surface area contributed by atoms with Crippen molar-refractivity contribution in [3.63, 3.8) is 0 Å². The Balaban J connectivity index is 0.000000221. The minimum Gasteiger partial charge on any atom is -0.468 e. The molecule has 0 atom stereocenters. The summed E-state index contributed by atoms with van der Waals surface area (Å²) in [6.45, 7) is 4.94. The topological polar surface area (TPSA) is 65.2 Å². The SMILES string of the molecule is CC1CC1.CCOC=O.Nc1ccccn1. The van der Waals surface area contributed by atoms with E-state index in [1.54, 1.807) is 19.2 Å². The maximum atomic E-state index is 9.18. The number of pyridine rings is 1. The van der Waals surface area contributed by atoms with Crippen LogP contribution in [0.3, 0.4) is 0 Å². The number of rotatable bonds is 2. The highest BCUT2D eigenvalue weighted by Crippen LogP contribution is 2.26. The molecule has 0 spiro atoms. The Morgan fingerprint density at radius 3 is 2.31 bits per heavy atom. The molecule has 2 N–H and O–H groups in total. The quantitative estimate of drug-likeness (QED) is 0.782. The van der Waals surface area contributed by atoms with Crippen LogP contribution in [0.5, 0.6) is 0 Å². The lowest BCUT2D eigenvalue weighted by atomic mass is 10.5. The van der Waals surface area contributed by atoms with Crippen LogP contribution in [0.1, 0.15) is 26.7 Å². The zero-order chi connectivity index (χ0) is 12.2. The van der Waals surface area contributed by atoms with Gasteiger partial charge in [-0.05, 0) is 25.0 Å². The molecule has 1 aromatic rings. The number of nitrogens with two attached hydrogens (primary N) is 1. The molecule has 90 valence electrons. The van der Waals surface area contributed by atoms with Crippen molar-refractivity contribution in [2.24, 2.45) is 5.92 Å². The first-order valence-corrected chi connectivity index (χ1v) is 5.42. The average molecular weight is 224 g/mol. The fraction of sp³-hybridized carbons (Fsp3) is 0.500. The maximum Gasteiger partial charge on any atom is 0.293 e. The van der Waals surface area contributed by atoms with Gasteiger partial charge in [-0.3, -0.25) is 4.79 Å². The Labute approximate surface area is 96.8 Å². The van der Waals surface area contributed by atoms with Crippen molar-refractivity contribution in [2.45, 2.75) is 26.7 Å². The normalized spacial score (nSPS) is 12.4. The third-order valence-corrected chi connectivity index (χ3v) is 1.79. The van der Waals surface area contributed by atoms with E-state index in [0.717, 1.165) is 5.92 Å². The van der Waals surface area contributed by atoms with Crippen LogP contribution in [0.2, 0.25) is 0 Å². The molecule has 0 aromatic carbocycles. The van der Waals surface area contributed by atoms with Crippen LogP contribution in [0, 0.1) is 5.92 Å². The van der Waals surface area contributed by atoms with E-state index in [1.807, 2.05) is 12.1 Å². The van der Waals surface area contributed by atoms with E-state index in [9.17, 15) is 4.79 Å². The van der Waals surface area contributed by atoms with Gasteiger partial charge in [0.05, 0.1) is 6.61 Å². The van der Waals surface area contributed by atoms with Gasteiger partial charge in [-0.2, -0.15) is 0 Å². The lowest BCUT2D eigenvalue weighted by Crippen LogP contribution is -1.85. The van der Waals surface area contributed by atoms with Crippen molar-refractivity contribution in [2.75, 3.05) is 12.3 Å². The number of carbonyl (C=O) groups excluding carboxylic acids is 1. The van der Waals surface area contributed by atoms with E-state index < -0.39 is 0 Å². The number of nitrogens with zero attached hydrogens (tertiary/aromatic N) is 1. The second kappa shape index (κ2) is 9.96. The lowest BCUT2D eigenvalue weighted by Gasteiger charge is -1.82. The standard InChI is InChI=1S/C5H6N2.C4H8.C3H6O2/c6-5-3-1-2-4-7-5;1-4-2-3-4;1-2-5-3-4/h1-4H,(H2,6,7);4H,2-3H2,1H3;3H,2H2,1H3. The van der Waals surface area contributed by atoms with Crippen LogP contribution in [0.4, 0.5) is 5.82 Å². The van der Waals surface area contributed by atoms with Crippen molar-refractivity contribution in [1.82, 2.24) is 4.98 Å². The molecule has 1 aromatic heterocycles. The predicted molar refractivity (Wildman–Crippen MR) is 64.7 cm³/mol. The summed E-state index contributed by atoms with van der Waals surface area (Å²) in [6, 6.07) is 5.43. The zero-order valence-corrected chi connectivity index (χ0v) is 9.93. The van der Waals surface area contributed by atoms with E-state index in [-0.39, 0.29) is 0 Å². The number of carbonyl (C=O) groups is 1. The highest BCUT2D eigenvalue weighted by atomic mass is 16.5. The van der Waals surface area contributed by atoms with Crippen LogP contribution in [0.25, 0.3) is 0 Å². The van der Waals surface area contributed by atoms with Gasteiger partial charge < -0.3 is 10.5 Å². The van der Waals surface area contributed by atoms with Crippen LogP contribution < -0.4 is 5.73 Å². The molecule has 2 rings (SSSR count). The number of hydrogen-bond donors (Lipinski definition) is 1. The smallest absolute Gasteiger partial charge is 0.293 e. The van der Waals surface area contributed by atoms with E-state index in [0.29, 0.717) is 18.9 Å². The molecule has 0 amide bonds. The maximum absolute atomic E-state index is 9.18. The van der Waals surface area contributed by atoms with Crippen molar-refractivity contribution < 1.29 is 9.53 Å². The molecule has 16 heavy (non-hydrogen) atoms. The summed E-state index contributed by atoms with van der Waals surface area (Å²) in [5.41, 5.74) is 5.25. The van der Waals surface area contributed by atoms with Crippen molar-refractivity contribution >= 4 is 12.3 Å². The molecule has 0 aliphatic heterocycles. The van der Waals surface area contributed by atoms with Gasteiger partial charge in [0.15, 0.2) is 0 Å². The van der Waals surface area contributed by atoms with Gasteiger partial charge in [0.2, 0.25) is 0 Å². The van der Waals surface area contributed by atoms with Crippen LogP contribution >= 0.6 is 0 Å². The van der Waals surface area contributed by atoms with Gasteiger partial charge in [0.25, 0.3) is 6.47 Å².